The fourth-order valence-electron chi connectivity index (χ4n) is 1.88. The van der Waals surface area contributed by atoms with E-state index in [0.717, 1.165) is 5.56 Å². The number of furan rings is 1. The predicted molar refractivity (Wildman–Crippen MR) is 77.5 cm³/mol. The molecule has 1 amide bonds. The molecule has 0 saturated carbocycles. The van der Waals surface area contributed by atoms with Crippen LogP contribution in [0.5, 0.6) is 0 Å². The molecule has 0 fully saturated rings. The summed E-state index contributed by atoms with van der Waals surface area (Å²) in [5.74, 6) is 0.543. The highest BCUT2D eigenvalue weighted by atomic mass is 16.5. The van der Waals surface area contributed by atoms with E-state index in [9.17, 15) is 9.90 Å². The highest BCUT2D eigenvalue weighted by Crippen LogP contribution is 2.17. The fraction of sp³-hybridized carbons (Fsp3) is 0.312. The highest BCUT2D eigenvalue weighted by Gasteiger charge is 2.10. The van der Waals surface area contributed by atoms with Crippen LogP contribution in [0.25, 0.3) is 0 Å². The summed E-state index contributed by atoms with van der Waals surface area (Å²) in [4.78, 5) is 11.5. The first-order chi connectivity index (χ1) is 10.3. The second kappa shape index (κ2) is 8.11. The molecule has 0 aliphatic rings. The maximum atomic E-state index is 11.5. The van der Waals surface area contributed by atoms with Gasteiger partial charge in [-0.25, -0.2) is 4.79 Å². The lowest BCUT2D eigenvalue weighted by Crippen LogP contribution is -2.25. The van der Waals surface area contributed by atoms with Crippen LogP contribution < -0.4 is 5.32 Å². The van der Waals surface area contributed by atoms with Crippen LogP contribution in [-0.2, 0) is 11.3 Å². The minimum absolute atomic E-state index is 0.252. The number of alkyl carbamates (subject to hydrolysis) is 1. The minimum Gasteiger partial charge on any atom is -0.467 e. The maximum Gasteiger partial charge on any atom is 0.407 e. The van der Waals surface area contributed by atoms with E-state index in [-0.39, 0.29) is 6.61 Å². The molecular weight excluding hydrogens is 270 g/mol. The van der Waals surface area contributed by atoms with Crippen molar-refractivity contribution in [1.29, 1.82) is 0 Å². The second-order valence-electron chi connectivity index (χ2n) is 4.66. The molecule has 2 N–H and O–H groups in total. The Morgan fingerprint density at radius 1 is 1.24 bits per heavy atom. The van der Waals surface area contributed by atoms with Gasteiger partial charge in [0.1, 0.15) is 18.5 Å². The minimum atomic E-state index is -0.637. The van der Waals surface area contributed by atoms with Crippen molar-refractivity contribution in [3.05, 3.63) is 60.1 Å². The van der Waals surface area contributed by atoms with E-state index in [1.807, 2.05) is 30.3 Å². The van der Waals surface area contributed by atoms with Crippen molar-refractivity contribution in [2.45, 2.75) is 25.6 Å². The zero-order chi connectivity index (χ0) is 14.9. The monoisotopic (exact) mass is 289 g/mol. The summed E-state index contributed by atoms with van der Waals surface area (Å²) >= 11 is 0. The van der Waals surface area contributed by atoms with Crippen LogP contribution in [0.3, 0.4) is 0 Å². The Morgan fingerprint density at radius 3 is 2.76 bits per heavy atom. The first-order valence-corrected chi connectivity index (χ1v) is 6.92. The number of aliphatic hydroxyl groups is 1. The first-order valence-electron chi connectivity index (χ1n) is 6.92. The highest BCUT2D eigenvalue weighted by molar-refractivity contribution is 5.67. The summed E-state index contributed by atoms with van der Waals surface area (Å²) in [5, 5.41) is 12.4. The molecule has 1 aromatic heterocycles. The smallest absolute Gasteiger partial charge is 0.407 e. The number of benzene rings is 1. The zero-order valence-electron chi connectivity index (χ0n) is 11.7. The van der Waals surface area contributed by atoms with Crippen LogP contribution in [0.2, 0.25) is 0 Å². The lowest BCUT2D eigenvalue weighted by atomic mass is 10.1. The first kappa shape index (κ1) is 15.1. The zero-order valence-corrected chi connectivity index (χ0v) is 11.7. The van der Waals surface area contributed by atoms with Crippen molar-refractivity contribution < 1.29 is 19.1 Å². The lowest BCUT2D eigenvalue weighted by molar-refractivity contribution is 0.130. The number of nitrogens with one attached hydrogen (secondary N) is 1. The Kier molecular flexibility index (Phi) is 5.84. The van der Waals surface area contributed by atoms with E-state index in [2.05, 4.69) is 5.32 Å². The van der Waals surface area contributed by atoms with Crippen LogP contribution in [0.4, 0.5) is 4.79 Å². The molecule has 2 aromatic rings. The molecule has 0 aliphatic carbocycles. The van der Waals surface area contributed by atoms with E-state index < -0.39 is 12.2 Å². The van der Waals surface area contributed by atoms with Gasteiger partial charge in [0, 0.05) is 6.54 Å². The van der Waals surface area contributed by atoms with Crippen molar-refractivity contribution in [2.24, 2.45) is 0 Å². The van der Waals surface area contributed by atoms with Crippen molar-refractivity contribution in [3.63, 3.8) is 0 Å². The van der Waals surface area contributed by atoms with Crippen molar-refractivity contribution in [3.8, 4) is 0 Å². The third-order valence-electron chi connectivity index (χ3n) is 3.01. The van der Waals surface area contributed by atoms with Crippen LogP contribution in [-0.4, -0.2) is 17.7 Å². The molecule has 0 spiro atoms. The standard InChI is InChI=1S/C16H19NO4/c18-14(15-9-5-11-20-15)8-4-10-17-16(19)21-12-13-6-2-1-3-7-13/h1-3,5-7,9,11,14,18H,4,8,10,12H2,(H,17,19)/t14-/m0/s1. The summed E-state index contributed by atoms with van der Waals surface area (Å²) in [7, 11) is 0. The summed E-state index contributed by atoms with van der Waals surface area (Å²) in [6.45, 7) is 0.701. The summed E-state index contributed by atoms with van der Waals surface area (Å²) in [5.41, 5.74) is 0.945. The van der Waals surface area contributed by atoms with Crippen LogP contribution in [0, 0.1) is 0 Å². The topological polar surface area (TPSA) is 71.7 Å². The molecule has 1 aromatic carbocycles. The third-order valence-corrected chi connectivity index (χ3v) is 3.01. The van der Waals surface area contributed by atoms with Gasteiger partial charge in [0.15, 0.2) is 0 Å². The number of amides is 1. The van der Waals surface area contributed by atoms with E-state index in [1.165, 1.54) is 6.26 Å². The summed E-state index contributed by atoms with van der Waals surface area (Å²) in [6, 6.07) is 13.0. The molecule has 0 radical (unpaired) electrons. The molecule has 1 atom stereocenters. The second-order valence-corrected chi connectivity index (χ2v) is 4.66. The Labute approximate surface area is 123 Å². The van der Waals surface area contributed by atoms with Gasteiger partial charge >= 0.3 is 6.09 Å². The van der Waals surface area contributed by atoms with Gasteiger partial charge < -0.3 is 19.6 Å². The number of hydrogen-bond donors (Lipinski definition) is 2. The molecule has 21 heavy (non-hydrogen) atoms. The number of aliphatic hydroxyl groups excluding tert-OH is 1. The predicted octanol–water partition coefficient (Wildman–Crippen LogP) is 3.02. The van der Waals surface area contributed by atoms with E-state index >= 15 is 0 Å². The average molecular weight is 289 g/mol. The number of rotatable bonds is 7. The number of ether oxygens (including phenoxy) is 1. The van der Waals surface area contributed by atoms with Gasteiger partial charge in [-0.3, -0.25) is 0 Å². The van der Waals surface area contributed by atoms with Crippen LogP contribution in [0.1, 0.15) is 30.3 Å². The van der Waals surface area contributed by atoms with Gasteiger partial charge in [0.05, 0.1) is 6.26 Å². The molecule has 1 heterocycles. The maximum absolute atomic E-state index is 11.5. The summed E-state index contributed by atoms with van der Waals surface area (Å²) in [6.07, 6.45) is 1.60. The van der Waals surface area contributed by atoms with Gasteiger partial charge in [-0.2, -0.15) is 0 Å². The van der Waals surface area contributed by atoms with Gasteiger partial charge in [-0.15, -0.1) is 0 Å². The van der Waals surface area contributed by atoms with Crippen LogP contribution >= 0.6 is 0 Å². The Hall–Kier alpha value is -2.27. The number of carbonyl (C=O) groups is 1. The van der Waals surface area contributed by atoms with Gasteiger partial charge in [0.25, 0.3) is 0 Å². The summed E-state index contributed by atoms with van der Waals surface area (Å²) < 4.78 is 10.2. The van der Waals surface area contributed by atoms with Crippen molar-refractivity contribution in [1.82, 2.24) is 5.32 Å². The Morgan fingerprint density at radius 2 is 2.05 bits per heavy atom. The van der Waals surface area contributed by atoms with Crippen molar-refractivity contribution >= 4 is 6.09 Å². The van der Waals surface area contributed by atoms with E-state index in [4.69, 9.17) is 9.15 Å². The number of hydrogen-bond acceptors (Lipinski definition) is 4. The average Bonchev–Trinajstić information content (AvgIpc) is 3.05. The molecule has 0 unspecified atom stereocenters. The third kappa shape index (κ3) is 5.31. The van der Waals surface area contributed by atoms with Gasteiger partial charge in [0.2, 0.25) is 0 Å². The Balaban J connectivity index is 1.57. The molecule has 112 valence electrons. The van der Waals surface area contributed by atoms with Gasteiger partial charge in [-0.1, -0.05) is 30.3 Å². The largest absolute Gasteiger partial charge is 0.467 e. The molecule has 5 nitrogen and oxygen atoms in total. The normalized spacial score (nSPS) is 11.9. The van der Waals surface area contributed by atoms with Crippen molar-refractivity contribution in [2.75, 3.05) is 6.54 Å². The quantitative estimate of drug-likeness (QED) is 0.769. The van der Waals surface area contributed by atoms with E-state index in [0.29, 0.717) is 25.1 Å². The molecule has 0 bridgehead atoms. The Bertz CT molecular complexity index is 524. The van der Waals surface area contributed by atoms with Gasteiger partial charge in [-0.05, 0) is 30.5 Å². The molecule has 2 rings (SSSR count). The fourth-order valence-corrected chi connectivity index (χ4v) is 1.88. The SMILES string of the molecule is O=C(NCCC[C@H](O)c1ccco1)OCc1ccccc1. The molecule has 5 heteroatoms. The van der Waals surface area contributed by atoms with E-state index in [1.54, 1.807) is 12.1 Å². The molecule has 0 aliphatic heterocycles. The molecular formula is C16H19NO4. The van der Waals surface area contributed by atoms with Crippen LogP contribution in [0.15, 0.2) is 53.1 Å². The number of carbonyl (C=O) groups excluding carboxylic acids is 1. The molecule has 0 saturated heterocycles. The lowest BCUT2D eigenvalue weighted by Gasteiger charge is -2.09.